The topological polar surface area (TPSA) is 104 Å². The Labute approximate surface area is 213 Å². The lowest BCUT2D eigenvalue weighted by molar-refractivity contribution is -0.472. The van der Waals surface area contributed by atoms with Gasteiger partial charge in [0.05, 0.1) is 16.3 Å². The fourth-order valence-electron chi connectivity index (χ4n) is 3.56. The van der Waals surface area contributed by atoms with E-state index < -0.39 is 23.3 Å². The molecule has 1 atom stereocenters. The molecule has 0 radical (unpaired) electrons. The summed E-state index contributed by atoms with van der Waals surface area (Å²) < 4.78 is 5.40. The fraction of sp³-hybridized carbons (Fsp3) is 0.222. The number of hydrogen-bond donors (Lipinski definition) is 1. The standard InChI is InChI=1S/C27H25ClN4O4/c1-16-10-12-19(28)21(14-16)29-25(34)23(24(33)27(2,3)4)32-30-20-13-11-17(15-22(20)31-32)26(35)36-18-8-6-5-7-9-18/h5-15,23H,1-4H3,(H,29,34)/p+1. The molecule has 1 aromatic heterocycles. The van der Waals surface area contributed by atoms with Crippen LogP contribution in [0.15, 0.2) is 66.7 Å². The summed E-state index contributed by atoms with van der Waals surface area (Å²) in [5, 5.41) is 10.5. The normalized spacial score (nSPS) is 12.2. The van der Waals surface area contributed by atoms with Crippen molar-refractivity contribution in [2.75, 3.05) is 5.32 Å². The summed E-state index contributed by atoms with van der Waals surface area (Å²) in [7, 11) is 0. The number of anilines is 1. The number of Topliss-reactive ketones (excluding diaryl/α,β-unsaturated/α-hetero) is 1. The lowest BCUT2D eigenvalue weighted by atomic mass is 9.86. The van der Waals surface area contributed by atoms with Gasteiger partial charge in [0.2, 0.25) is 11.6 Å². The number of rotatable bonds is 6. The van der Waals surface area contributed by atoms with E-state index in [2.05, 4.69) is 15.5 Å². The number of ketones is 1. The van der Waals surface area contributed by atoms with Crippen molar-refractivity contribution < 1.29 is 24.2 Å². The number of para-hydroxylation sites is 1. The summed E-state index contributed by atoms with van der Waals surface area (Å²) in [4.78, 5) is 40.6. The summed E-state index contributed by atoms with van der Waals surface area (Å²) in [5.74, 6) is -1.07. The van der Waals surface area contributed by atoms with Crippen LogP contribution in [0.3, 0.4) is 0 Å². The van der Waals surface area contributed by atoms with Gasteiger partial charge in [-0.2, -0.15) is 5.10 Å². The molecule has 36 heavy (non-hydrogen) atoms. The van der Waals surface area contributed by atoms with Crippen molar-refractivity contribution in [3.8, 4) is 5.75 Å². The van der Waals surface area contributed by atoms with Gasteiger partial charge in [-0.05, 0) is 53.7 Å². The van der Waals surface area contributed by atoms with Gasteiger partial charge >= 0.3 is 5.97 Å². The molecular weight excluding hydrogens is 480 g/mol. The molecule has 0 aliphatic rings. The van der Waals surface area contributed by atoms with Gasteiger partial charge in [-0.1, -0.05) is 56.6 Å². The number of amides is 1. The molecule has 8 nitrogen and oxygen atoms in total. The SMILES string of the molecule is Cc1ccc(Cl)c(NC(=O)C(C(=O)C(C)(C)C)n2nc3cc(C(=O)Oc4ccccc4)ccc3[nH+]2)c1. The third-order valence-corrected chi connectivity index (χ3v) is 5.83. The van der Waals surface area contributed by atoms with Gasteiger partial charge in [-0.15, -0.1) is 0 Å². The molecule has 0 bridgehead atoms. The van der Waals surface area contributed by atoms with Crippen LogP contribution in [0.25, 0.3) is 11.0 Å². The maximum Gasteiger partial charge on any atom is 0.343 e. The average molecular weight is 506 g/mol. The van der Waals surface area contributed by atoms with Crippen molar-refractivity contribution in [2.24, 2.45) is 5.41 Å². The van der Waals surface area contributed by atoms with E-state index in [1.54, 1.807) is 75.4 Å². The first kappa shape index (κ1) is 25.1. The Hall–Kier alpha value is -4.04. The molecule has 184 valence electrons. The highest BCUT2D eigenvalue weighted by Gasteiger charge is 2.41. The van der Waals surface area contributed by atoms with Crippen molar-refractivity contribution in [2.45, 2.75) is 33.7 Å². The largest absolute Gasteiger partial charge is 0.423 e. The van der Waals surface area contributed by atoms with Crippen molar-refractivity contribution in [1.82, 2.24) is 9.90 Å². The molecule has 9 heteroatoms. The Bertz CT molecular complexity index is 1460. The number of esters is 1. The zero-order valence-corrected chi connectivity index (χ0v) is 21.1. The van der Waals surface area contributed by atoms with Gasteiger partial charge < -0.3 is 10.1 Å². The molecule has 3 aromatic carbocycles. The number of aryl methyl sites for hydroxylation is 1. The van der Waals surface area contributed by atoms with E-state index in [0.29, 0.717) is 27.5 Å². The van der Waals surface area contributed by atoms with Crippen molar-refractivity contribution in [3.05, 3.63) is 82.9 Å². The first-order chi connectivity index (χ1) is 17.0. The second kappa shape index (κ2) is 9.91. The van der Waals surface area contributed by atoms with Crippen molar-refractivity contribution in [1.29, 1.82) is 0 Å². The van der Waals surface area contributed by atoms with Crippen LogP contribution in [0.2, 0.25) is 5.02 Å². The minimum absolute atomic E-state index is 0.277. The minimum Gasteiger partial charge on any atom is -0.423 e. The van der Waals surface area contributed by atoms with Crippen molar-refractivity contribution in [3.63, 3.8) is 0 Å². The Kier molecular flexibility index (Phi) is 6.90. The number of halogens is 1. The Morgan fingerprint density at radius 2 is 1.75 bits per heavy atom. The van der Waals surface area contributed by atoms with E-state index >= 15 is 0 Å². The Morgan fingerprint density at radius 1 is 1.03 bits per heavy atom. The zero-order chi connectivity index (χ0) is 26.0. The van der Waals surface area contributed by atoms with Crippen molar-refractivity contribution >= 4 is 46.0 Å². The molecule has 0 fully saturated rings. The van der Waals surface area contributed by atoms with Gasteiger partial charge in [-0.25, -0.2) is 4.79 Å². The number of hydrogen-bond acceptors (Lipinski definition) is 5. The van der Waals surface area contributed by atoms with Gasteiger partial charge in [-0.3, -0.25) is 9.59 Å². The lowest BCUT2D eigenvalue weighted by Gasteiger charge is -2.21. The number of fused-ring (bicyclic) bond motifs is 1. The van der Waals surface area contributed by atoms with Crippen LogP contribution in [0, 0.1) is 12.3 Å². The Balaban J connectivity index is 1.67. The predicted octanol–water partition coefficient (Wildman–Crippen LogP) is 4.83. The van der Waals surface area contributed by atoms with Crippen LogP contribution < -0.4 is 15.2 Å². The molecule has 0 aliphatic heterocycles. The van der Waals surface area contributed by atoms with E-state index in [1.807, 2.05) is 19.1 Å². The lowest BCUT2D eigenvalue weighted by Crippen LogP contribution is -2.43. The molecule has 0 saturated heterocycles. The summed E-state index contributed by atoms with van der Waals surface area (Å²) in [6.45, 7) is 7.07. The predicted molar refractivity (Wildman–Crippen MR) is 136 cm³/mol. The van der Waals surface area contributed by atoms with Crippen LogP contribution in [-0.4, -0.2) is 27.6 Å². The number of H-pyrrole nitrogens is 1. The number of carbonyl (C=O) groups is 3. The van der Waals surface area contributed by atoms with Crippen LogP contribution in [-0.2, 0) is 9.59 Å². The second-order valence-corrected chi connectivity index (χ2v) is 9.89. The monoisotopic (exact) mass is 505 g/mol. The highest BCUT2D eigenvalue weighted by Crippen LogP contribution is 2.27. The smallest absolute Gasteiger partial charge is 0.343 e. The molecular formula is C27H26ClN4O4+. The highest BCUT2D eigenvalue weighted by molar-refractivity contribution is 6.34. The number of aromatic nitrogens is 3. The molecule has 0 aliphatic carbocycles. The van der Waals surface area contributed by atoms with E-state index in [9.17, 15) is 14.4 Å². The van der Waals surface area contributed by atoms with E-state index in [1.165, 1.54) is 4.80 Å². The van der Waals surface area contributed by atoms with E-state index in [0.717, 1.165) is 5.56 Å². The summed E-state index contributed by atoms with van der Waals surface area (Å²) >= 11 is 6.26. The number of carbonyl (C=O) groups excluding carboxylic acids is 3. The van der Waals surface area contributed by atoms with Crippen LogP contribution >= 0.6 is 11.6 Å². The number of nitrogens with one attached hydrogen (secondary N) is 2. The molecule has 0 saturated carbocycles. The summed E-state index contributed by atoms with van der Waals surface area (Å²) in [5.41, 5.74) is 1.68. The molecule has 4 rings (SSSR count). The number of aromatic amines is 1. The third-order valence-electron chi connectivity index (χ3n) is 5.50. The van der Waals surface area contributed by atoms with Crippen LogP contribution in [0.4, 0.5) is 5.69 Å². The van der Waals surface area contributed by atoms with Gasteiger partial charge in [0.15, 0.2) is 11.3 Å². The van der Waals surface area contributed by atoms with Crippen LogP contribution in [0.1, 0.15) is 42.7 Å². The number of nitrogens with zero attached hydrogens (tertiary/aromatic N) is 2. The average Bonchev–Trinajstić information content (AvgIpc) is 3.24. The first-order valence-electron chi connectivity index (χ1n) is 11.3. The minimum atomic E-state index is -1.30. The first-order valence-corrected chi connectivity index (χ1v) is 11.7. The van der Waals surface area contributed by atoms with E-state index in [4.69, 9.17) is 16.3 Å². The molecule has 1 amide bonds. The highest BCUT2D eigenvalue weighted by atomic mass is 35.5. The fourth-order valence-corrected chi connectivity index (χ4v) is 3.73. The van der Waals surface area contributed by atoms with Gasteiger partial charge in [0.25, 0.3) is 5.91 Å². The number of ether oxygens (including phenoxy) is 1. The van der Waals surface area contributed by atoms with E-state index in [-0.39, 0.29) is 11.3 Å². The van der Waals surface area contributed by atoms with Crippen LogP contribution in [0.5, 0.6) is 5.75 Å². The third kappa shape index (κ3) is 5.44. The maximum absolute atomic E-state index is 13.4. The maximum atomic E-state index is 13.4. The molecule has 4 aromatic rings. The molecule has 2 N–H and O–H groups in total. The molecule has 0 spiro atoms. The van der Waals surface area contributed by atoms with Gasteiger partial charge in [0, 0.05) is 16.6 Å². The quantitative estimate of drug-likeness (QED) is 0.230. The molecule has 1 unspecified atom stereocenters. The molecule has 1 heterocycles. The second-order valence-electron chi connectivity index (χ2n) is 9.48. The van der Waals surface area contributed by atoms with Gasteiger partial charge in [0.1, 0.15) is 5.75 Å². The number of benzene rings is 3. The zero-order valence-electron chi connectivity index (χ0n) is 20.3. The summed E-state index contributed by atoms with van der Waals surface area (Å²) in [6.07, 6.45) is 0. The summed E-state index contributed by atoms with van der Waals surface area (Å²) in [6, 6.07) is 17.4. The Morgan fingerprint density at radius 3 is 2.44 bits per heavy atom.